The van der Waals surface area contributed by atoms with Gasteiger partial charge in [-0.1, -0.05) is 23.2 Å². The van der Waals surface area contributed by atoms with Crippen LogP contribution >= 0.6 is 23.2 Å². The summed E-state index contributed by atoms with van der Waals surface area (Å²) in [5.41, 5.74) is 0.00668. The fraction of sp³-hybridized carbons (Fsp3) is 0.333. The summed E-state index contributed by atoms with van der Waals surface area (Å²) in [6, 6.07) is 4.65. The number of aromatic amines is 1. The second-order valence-electron chi connectivity index (χ2n) is 6.76. The molecule has 2 amide bonds. The van der Waals surface area contributed by atoms with Gasteiger partial charge in [0, 0.05) is 24.5 Å². The number of fused-ring (bicyclic) bond motifs is 1. The van der Waals surface area contributed by atoms with Gasteiger partial charge in [-0.05, 0) is 31.0 Å². The van der Waals surface area contributed by atoms with Crippen molar-refractivity contribution in [2.45, 2.75) is 25.2 Å². The largest absolute Gasteiger partial charge is 0.342 e. The van der Waals surface area contributed by atoms with Gasteiger partial charge in [0.15, 0.2) is 0 Å². The van der Waals surface area contributed by atoms with E-state index in [4.69, 9.17) is 23.2 Å². The lowest BCUT2D eigenvalue weighted by molar-refractivity contribution is -0.123. The van der Waals surface area contributed by atoms with Gasteiger partial charge in [0.1, 0.15) is 5.82 Å². The minimum atomic E-state index is -0.984. The molecular weight excluding hydrogens is 405 g/mol. The topological polar surface area (TPSA) is 107 Å². The van der Waals surface area contributed by atoms with Crippen LogP contribution in [0.15, 0.2) is 23.0 Å². The van der Waals surface area contributed by atoms with Crippen LogP contribution in [0.1, 0.15) is 30.7 Å². The monoisotopic (exact) mass is 421 g/mol. The summed E-state index contributed by atoms with van der Waals surface area (Å²) in [6.07, 6.45) is 1.86. The Morgan fingerprint density at radius 3 is 2.71 bits per heavy atom. The van der Waals surface area contributed by atoms with Crippen molar-refractivity contribution >= 4 is 52.5 Å². The Bertz CT molecular complexity index is 1020. The summed E-state index contributed by atoms with van der Waals surface area (Å²) in [4.78, 5) is 46.8. The van der Waals surface area contributed by atoms with Crippen molar-refractivity contribution in [3.8, 4) is 0 Å². The number of nitrogens with one attached hydrogen (secondary N) is 3. The fourth-order valence-corrected chi connectivity index (χ4v) is 3.81. The highest BCUT2D eigenvalue weighted by Crippen LogP contribution is 2.32. The molecule has 3 N–H and O–H groups in total. The van der Waals surface area contributed by atoms with E-state index < -0.39 is 17.4 Å². The molecule has 0 saturated carbocycles. The molecule has 1 fully saturated rings. The zero-order chi connectivity index (χ0) is 19.8. The predicted octanol–water partition coefficient (Wildman–Crippen LogP) is 2.74. The molecule has 10 heteroatoms. The first-order valence-electron chi connectivity index (χ1n) is 8.87. The number of hydrogen-bond donors (Lipinski definition) is 3. The SMILES string of the molecule is O=C1C[C@@H](C(=O)Nc2cc(Cl)ccc2Cl)c2c(nc(N3CCCC3)[nH]c2=O)N1. The molecule has 1 aromatic heterocycles. The Morgan fingerprint density at radius 2 is 1.96 bits per heavy atom. The molecule has 3 heterocycles. The maximum atomic E-state index is 12.8. The van der Waals surface area contributed by atoms with Gasteiger partial charge < -0.3 is 15.5 Å². The highest BCUT2D eigenvalue weighted by atomic mass is 35.5. The van der Waals surface area contributed by atoms with E-state index in [1.807, 2.05) is 4.90 Å². The van der Waals surface area contributed by atoms with Crippen LogP contribution in [0.4, 0.5) is 17.5 Å². The van der Waals surface area contributed by atoms with E-state index in [-0.39, 0.29) is 23.7 Å². The molecular formula is C18H17Cl2N5O3. The van der Waals surface area contributed by atoms with Gasteiger partial charge in [0.25, 0.3) is 5.56 Å². The van der Waals surface area contributed by atoms with Crippen LogP contribution in [0.25, 0.3) is 0 Å². The smallest absolute Gasteiger partial charge is 0.258 e. The third-order valence-electron chi connectivity index (χ3n) is 4.85. The molecule has 0 radical (unpaired) electrons. The van der Waals surface area contributed by atoms with E-state index in [1.54, 1.807) is 12.1 Å². The van der Waals surface area contributed by atoms with Crippen LogP contribution in [0.5, 0.6) is 0 Å². The number of carbonyl (C=O) groups excluding carboxylic acids is 2. The maximum Gasteiger partial charge on any atom is 0.258 e. The van der Waals surface area contributed by atoms with Crippen molar-refractivity contribution in [3.63, 3.8) is 0 Å². The average Bonchev–Trinajstić information content (AvgIpc) is 3.18. The number of aromatic nitrogens is 2. The number of nitrogens with zero attached hydrogens (tertiary/aromatic N) is 2. The number of rotatable bonds is 3. The Kier molecular flexibility index (Phi) is 4.99. The predicted molar refractivity (Wildman–Crippen MR) is 107 cm³/mol. The lowest BCUT2D eigenvalue weighted by Gasteiger charge is -2.25. The van der Waals surface area contributed by atoms with Crippen LogP contribution in [0.2, 0.25) is 10.0 Å². The number of amides is 2. The molecule has 146 valence electrons. The molecule has 0 unspecified atom stereocenters. The first-order valence-corrected chi connectivity index (χ1v) is 9.63. The van der Waals surface area contributed by atoms with Crippen LogP contribution < -0.4 is 21.1 Å². The molecule has 1 atom stereocenters. The first kappa shape index (κ1) is 18.8. The standard InChI is InChI=1S/C18H17Cl2N5O3/c19-9-3-4-11(20)12(7-9)21-16(27)10-8-13(26)22-15-14(10)17(28)24-18(23-15)25-5-1-2-6-25/h3-4,7,10H,1-2,5-6,8H2,(H,21,27)(H2,22,23,24,26,28)/t10-/m1/s1. The Balaban J connectivity index is 1.68. The van der Waals surface area contributed by atoms with E-state index in [9.17, 15) is 14.4 Å². The number of benzene rings is 1. The van der Waals surface area contributed by atoms with Crippen molar-refractivity contribution in [2.24, 2.45) is 0 Å². The van der Waals surface area contributed by atoms with E-state index in [0.29, 0.717) is 21.7 Å². The number of hydrogen-bond acceptors (Lipinski definition) is 5. The Morgan fingerprint density at radius 1 is 1.21 bits per heavy atom. The summed E-state index contributed by atoms with van der Waals surface area (Å²) in [5.74, 6) is -1.36. The van der Waals surface area contributed by atoms with Crippen LogP contribution in [0.3, 0.4) is 0 Å². The van der Waals surface area contributed by atoms with Crippen LogP contribution in [-0.2, 0) is 9.59 Å². The Labute approximate surface area is 170 Å². The van der Waals surface area contributed by atoms with Crippen molar-refractivity contribution in [1.82, 2.24) is 9.97 Å². The average molecular weight is 422 g/mol. The lowest BCUT2D eigenvalue weighted by Crippen LogP contribution is -2.37. The van der Waals surface area contributed by atoms with E-state index in [0.717, 1.165) is 25.9 Å². The molecule has 1 aromatic carbocycles. The van der Waals surface area contributed by atoms with Crippen LogP contribution in [-0.4, -0.2) is 34.9 Å². The van der Waals surface area contributed by atoms with E-state index in [2.05, 4.69) is 20.6 Å². The molecule has 4 rings (SSSR count). The van der Waals surface area contributed by atoms with Gasteiger partial charge >= 0.3 is 0 Å². The molecule has 28 heavy (non-hydrogen) atoms. The molecule has 8 nitrogen and oxygen atoms in total. The fourth-order valence-electron chi connectivity index (χ4n) is 3.48. The second kappa shape index (κ2) is 7.44. The number of H-pyrrole nitrogens is 1. The number of anilines is 3. The number of halogens is 2. The third-order valence-corrected chi connectivity index (χ3v) is 5.41. The van der Waals surface area contributed by atoms with Gasteiger partial charge in [-0.3, -0.25) is 19.4 Å². The van der Waals surface area contributed by atoms with Crippen LogP contribution in [0, 0.1) is 0 Å². The Hall–Kier alpha value is -2.58. The summed E-state index contributed by atoms with van der Waals surface area (Å²) >= 11 is 12.0. The van der Waals surface area contributed by atoms with Gasteiger partial charge in [-0.25, -0.2) is 0 Å². The molecule has 1 saturated heterocycles. The highest BCUT2D eigenvalue weighted by Gasteiger charge is 2.35. The molecule has 0 spiro atoms. The molecule has 2 aliphatic rings. The second-order valence-corrected chi connectivity index (χ2v) is 7.61. The quantitative estimate of drug-likeness (QED) is 0.705. The van der Waals surface area contributed by atoms with Crippen molar-refractivity contribution < 1.29 is 9.59 Å². The summed E-state index contributed by atoms with van der Waals surface area (Å²) in [7, 11) is 0. The summed E-state index contributed by atoms with van der Waals surface area (Å²) < 4.78 is 0. The zero-order valence-electron chi connectivity index (χ0n) is 14.7. The van der Waals surface area contributed by atoms with E-state index in [1.165, 1.54) is 6.07 Å². The maximum absolute atomic E-state index is 12.8. The zero-order valence-corrected chi connectivity index (χ0v) is 16.2. The van der Waals surface area contributed by atoms with E-state index >= 15 is 0 Å². The van der Waals surface area contributed by atoms with Gasteiger partial charge in [0.2, 0.25) is 17.8 Å². The lowest BCUT2D eigenvalue weighted by atomic mass is 9.92. The highest BCUT2D eigenvalue weighted by molar-refractivity contribution is 6.35. The van der Waals surface area contributed by atoms with Gasteiger partial charge in [-0.2, -0.15) is 4.98 Å². The number of carbonyl (C=O) groups is 2. The van der Waals surface area contributed by atoms with Gasteiger partial charge in [-0.15, -0.1) is 0 Å². The molecule has 2 aromatic rings. The van der Waals surface area contributed by atoms with Crippen molar-refractivity contribution in [3.05, 3.63) is 44.2 Å². The third kappa shape index (κ3) is 3.57. The summed E-state index contributed by atoms with van der Waals surface area (Å²) in [5, 5.41) is 5.96. The van der Waals surface area contributed by atoms with Crippen molar-refractivity contribution in [1.29, 1.82) is 0 Å². The summed E-state index contributed by atoms with van der Waals surface area (Å²) in [6.45, 7) is 1.57. The van der Waals surface area contributed by atoms with Gasteiger partial charge in [0.05, 0.1) is 22.2 Å². The van der Waals surface area contributed by atoms with Crippen molar-refractivity contribution in [2.75, 3.05) is 28.6 Å². The minimum Gasteiger partial charge on any atom is -0.342 e. The molecule has 2 aliphatic heterocycles. The molecule has 0 bridgehead atoms. The normalized spacial score (nSPS) is 18.6. The first-order chi connectivity index (χ1) is 13.4. The minimum absolute atomic E-state index is 0.124. The molecule has 0 aliphatic carbocycles.